The van der Waals surface area contributed by atoms with E-state index in [2.05, 4.69) is 32.4 Å². The Hall–Kier alpha value is -2.98. The van der Waals surface area contributed by atoms with Gasteiger partial charge in [0, 0.05) is 0 Å². The first-order chi connectivity index (χ1) is 19.1. The van der Waals surface area contributed by atoms with Crippen LogP contribution in [0.4, 0.5) is 18.9 Å². The van der Waals surface area contributed by atoms with Gasteiger partial charge in [0.15, 0.2) is 0 Å². The molecule has 3 aromatic rings. The molecule has 0 spiro atoms. The first-order valence-corrected chi connectivity index (χ1v) is 14.7. The highest BCUT2D eigenvalue weighted by atomic mass is 31.0. The predicted octanol–water partition coefficient (Wildman–Crippen LogP) is 9.88. The van der Waals surface area contributed by atoms with Crippen molar-refractivity contribution in [2.75, 3.05) is 5.73 Å². The van der Waals surface area contributed by atoms with Crippen molar-refractivity contribution < 1.29 is 22.6 Å². The number of rotatable bonds is 9. The van der Waals surface area contributed by atoms with Gasteiger partial charge in [-0.15, -0.1) is 0 Å². The third kappa shape index (κ3) is 8.27. The zero-order chi connectivity index (χ0) is 29.3. The Morgan fingerprint density at radius 2 is 1.48 bits per heavy atom. The Labute approximate surface area is 239 Å². The maximum absolute atomic E-state index is 15.2. The van der Waals surface area contributed by atoms with E-state index in [1.165, 1.54) is 27.8 Å². The molecule has 2 unspecified atom stereocenters. The quantitative estimate of drug-likeness (QED) is 0.205. The number of ether oxygens (including phenoxy) is 2. The second-order valence-corrected chi connectivity index (χ2v) is 10.7. The van der Waals surface area contributed by atoms with Crippen LogP contribution < -0.4 is 15.2 Å². The fraction of sp³-hybridized carbons (Fsp3) is 0.394. The van der Waals surface area contributed by atoms with Gasteiger partial charge in [-0.3, -0.25) is 0 Å². The number of nitrogens with two attached hydrogens (primary N) is 1. The van der Waals surface area contributed by atoms with Crippen LogP contribution in [-0.2, 0) is 6.42 Å². The molecule has 2 N–H and O–H groups in total. The van der Waals surface area contributed by atoms with Crippen LogP contribution in [0.5, 0.6) is 11.5 Å². The summed E-state index contributed by atoms with van der Waals surface area (Å²) in [6.45, 7) is 8.51. The predicted molar refractivity (Wildman–Crippen MR) is 163 cm³/mol. The van der Waals surface area contributed by atoms with Gasteiger partial charge in [0.25, 0.3) is 0 Å². The fourth-order valence-corrected chi connectivity index (χ4v) is 5.04. The number of nitrogen functional groups attached to an aromatic ring is 1. The highest BCUT2D eigenvalue weighted by Gasteiger charge is 2.25. The molecule has 1 aliphatic rings. The van der Waals surface area contributed by atoms with Crippen molar-refractivity contribution >= 4 is 26.1 Å². The van der Waals surface area contributed by atoms with E-state index >= 15 is 4.39 Å². The van der Waals surface area contributed by atoms with Gasteiger partial charge in [-0.25, -0.2) is 4.39 Å². The summed E-state index contributed by atoms with van der Waals surface area (Å²) in [7, 11) is 1.37. The summed E-state index contributed by atoms with van der Waals surface area (Å²) in [6.07, 6.45) is 6.36. The van der Waals surface area contributed by atoms with Gasteiger partial charge in [-0.1, -0.05) is 70.9 Å². The minimum absolute atomic E-state index is 0.0674. The maximum atomic E-state index is 15.2. The average Bonchev–Trinajstić information content (AvgIpc) is 3.11. The van der Waals surface area contributed by atoms with Gasteiger partial charge in [-0.05, 0) is 105 Å². The van der Waals surface area contributed by atoms with Crippen LogP contribution in [0.3, 0.4) is 0 Å². The lowest BCUT2D eigenvalue weighted by molar-refractivity contribution is -0.0892. The van der Waals surface area contributed by atoms with Crippen molar-refractivity contribution in [1.82, 2.24) is 0 Å². The molecule has 0 radical (unpaired) electrons. The smallest absolute Gasteiger partial charge is 0.408 e. The highest BCUT2D eigenvalue weighted by molar-refractivity contribution is 7.17. The summed E-state index contributed by atoms with van der Waals surface area (Å²) in [5, 5.41) is 0. The van der Waals surface area contributed by atoms with Gasteiger partial charge in [0.1, 0.15) is 17.3 Å². The molecule has 4 rings (SSSR count). The Morgan fingerprint density at radius 3 is 2.05 bits per heavy atom. The summed E-state index contributed by atoms with van der Waals surface area (Å²) in [5.41, 5.74) is 11.1. The summed E-state index contributed by atoms with van der Waals surface area (Å²) in [5.74, 6) is -2.86. The minimum Gasteiger partial charge on any atom is -0.490 e. The van der Waals surface area contributed by atoms with Gasteiger partial charge in [0.2, 0.25) is 0 Å². The second kappa shape index (κ2) is 14.6. The zero-order valence-corrected chi connectivity index (χ0v) is 25.1. The van der Waals surface area contributed by atoms with Gasteiger partial charge in [0.05, 0.1) is 11.8 Å². The third-order valence-electron chi connectivity index (χ3n) is 6.67. The highest BCUT2D eigenvalue weighted by Crippen LogP contribution is 2.42. The van der Waals surface area contributed by atoms with Crippen LogP contribution in [0.2, 0.25) is 0 Å². The molecular formula is C33H41F3NO2P. The summed E-state index contributed by atoms with van der Waals surface area (Å²) < 4.78 is 52.6. The van der Waals surface area contributed by atoms with Gasteiger partial charge < -0.3 is 15.2 Å². The molecule has 40 heavy (non-hydrogen) atoms. The molecule has 1 aliphatic carbocycles. The van der Waals surface area contributed by atoms with Crippen molar-refractivity contribution in [3.63, 3.8) is 0 Å². The van der Waals surface area contributed by atoms with E-state index in [4.69, 9.17) is 10.5 Å². The molecule has 0 fully saturated rings. The average molecular weight is 572 g/mol. The van der Waals surface area contributed by atoms with Crippen LogP contribution in [0.25, 0.3) is 11.1 Å². The van der Waals surface area contributed by atoms with E-state index in [0.717, 1.165) is 59.3 Å². The molecular weight excluding hydrogens is 530 g/mol. The third-order valence-corrected chi connectivity index (χ3v) is 6.78. The number of hydrogen-bond acceptors (Lipinski definition) is 3. The Balaban J connectivity index is 0.00000141. The zero-order valence-electron chi connectivity index (χ0n) is 23.9. The molecule has 0 aromatic heterocycles. The normalized spacial score (nSPS) is 14.0. The second-order valence-electron chi connectivity index (χ2n) is 10.1. The molecule has 0 bridgehead atoms. The molecule has 0 heterocycles. The van der Waals surface area contributed by atoms with Crippen LogP contribution >= 0.6 is 9.24 Å². The maximum Gasteiger partial charge on any atom is 0.408 e. The van der Waals surface area contributed by atoms with Crippen LogP contribution in [-0.4, -0.2) is 12.0 Å². The molecule has 7 heteroatoms. The first-order valence-electron chi connectivity index (χ1n) is 14.1. The van der Waals surface area contributed by atoms with Crippen molar-refractivity contribution in [2.24, 2.45) is 0 Å². The monoisotopic (exact) mass is 571 g/mol. The number of alkyl halides is 2. The Morgan fingerprint density at radius 1 is 0.875 bits per heavy atom. The van der Waals surface area contributed by atoms with E-state index in [0.29, 0.717) is 18.4 Å². The standard InChI is InChI=1S/C30H33F3NO2P.C3H8/c1-3-6-21(4-2)35-22-13-11-20(12-14-22)28-24(19-9-15-23(16-10-19)36-30(32,33)37)7-5-8-26-25(28)17-18-27(34)29(26)31;1-3-2/h9-18,21H,3-8,34,37H2,1-2H3;3H2,1-2H3. The van der Waals surface area contributed by atoms with Crippen molar-refractivity contribution in [2.45, 2.75) is 84.6 Å². The van der Waals surface area contributed by atoms with Crippen molar-refractivity contribution in [3.8, 4) is 11.5 Å². The number of benzene rings is 3. The molecule has 2 atom stereocenters. The molecule has 0 amide bonds. The number of hydrogen-bond donors (Lipinski definition) is 1. The lowest BCUT2D eigenvalue weighted by Crippen LogP contribution is -2.14. The van der Waals surface area contributed by atoms with E-state index in [9.17, 15) is 8.78 Å². The Kier molecular flexibility index (Phi) is 11.5. The van der Waals surface area contributed by atoms with Crippen LogP contribution in [0.15, 0.2) is 60.7 Å². The van der Waals surface area contributed by atoms with E-state index < -0.39 is 5.85 Å². The minimum atomic E-state index is -3.34. The SMILES string of the molecule is CCC.CCCC(CC)Oc1ccc(C2=C(c3ccc(OC(F)(F)P)cc3)CCCc3c2ccc(N)c3F)cc1. The first kappa shape index (κ1) is 31.5. The summed E-state index contributed by atoms with van der Waals surface area (Å²) in [4.78, 5) is 0. The molecule has 3 nitrogen and oxygen atoms in total. The molecule has 0 aliphatic heterocycles. The molecule has 0 saturated heterocycles. The van der Waals surface area contributed by atoms with Crippen molar-refractivity contribution in [3.05, 3.63) is 88.7 Å². The number of anilines is 1. The topological polar surface area (TPSA) is 44.5 Å². The van der Waals surface area contributed by atoms with Gasteiger partial charge >= 0.3 is 5.85 Å². The molecule has 216 valence electrons. The van der Waals surface area contributed by atoms with E-state index in [1.54, 1.807) is 18.2 Å². The van der Waals surface area contributed by atoms with Crippen molar-refractivity contribution in [1.29, 1.82) is 0 Å². The lowest BCUT2D eigenvalue weighted by atomic mass is 9.87. The van der Waals surface area contributed by atoms with Crippen LogP contribution in [0, 0.1) is 5.82 Å². The number of fused-ring (bicyclic) bond motifs is 1. The number of allylic oxidation sites excluding steroid dienone is 1. The fourth-order valence-electron chi connectivity index (χ4n) is 4.91. The van der Waals surface area contributed by atoms with Gasteiger partial charge in [-0.2, -0.15) is 8.78 Å². The van der Waals surface area contributed by atoms with Crippen LogP contribution in [0.1, 0.15) is 88.5 Å². The van der Waals surface area contributed by atoms with E-state index in [-0.39, 0.29) is 23.4 Å². The van der Waals surface area contributed by atoms with E-state index in [1.807, 2.05) is 30.3 Å². The largest absolute Gasteiger partial charge is 0.490 e. The summed E-state index contributed by atoms with van der Waals surface area (Å²) >= 11 is 0. The summed E-state index contributed by atoms with van der Waals surface area (Å²) in [6, 6.07) is 18.0. The Bertz CT molecular complexity index is 1270. The molecule has 0 saturated carbocycles. The molecule has 3 aromatic carbocycles. The lowest BCUT2D eigenvalue weighted by Gasteiger charge is -2.20. The number of halogens is 3.